The van der Waals surface area contributed by atoms with Crippen molar-refractivity contribution in [2.75, 3.05) is 12.0 Å². The number of hydrogen-bond acceptors (Lipinski definition) is 3. The Kier molecular flexibility index (Phi) is 4.87. The summed E-state index contributed by atoms with van der Waals surface area (Å²) in [7, 11) is 1.65. The molecule has 1 amide bonds. The molecular formula is C25H20BrN3O2. The number of H-pyrrole nitrogens is 1. The molecule has 4 aromatic rings. The number of amides is 1. The van der Waals surface area contributed by atoms with Crippen LogP contribution in [0, 0.1) is 6.92 Å². The van der Waals surface area contributed by atoms with Crippen molar-refractivity contribution in [3.63, 3.8) is 0 Å². The van der Waals surface area contributed by atoms with Gasteiger partial charge in [0.25, 0.3) is 5.91 Å². The van der Waals surface area contributed by atoms with Gasteiger partial charge in [0.1, 0.15) is 11.4 Å². The number of anilines is 1. The van der Waals surface area contributed by atoms with E-state index in [1.54, 1.807) is 7.11 Å². The van der Waals surface area contributed by atoms with E-state index < -0.39 is 0 Å². The van der Waals surface area contributed by atoms with Gasteiger partial charge in [0.05, 0.1) is 18.8 Å². The van der Waals surface area contributed by atoms with Crippen LogP contribution in [-0.4, -0.2) is 23.2 Å². The van der Waals surface area contributed by atoms with E-state index in [0.29, 0.717) is 5.69 Å². The van der Waals surface area contributed by atoms with Gasteiger partial charge in [0.15, 0.2) is 0 Å². The number of benzene rings is 3. The van der Waals surface area contributed by atoms with E-state index in [1.165, 1.54) is 0 Å². The Morgan fingerprint density at radius 1 is 1.00 bits per heavy atom. The maximum atomic E-state index is 13.6. The van der Waals surface area contributed by atoms with Crippen LogP contribution in [0.15, 0.2) is 77.3 Å². The van der Waals surface area contributed by atoms with Gasteiger partial charge in [-0.1, -0.05) is 64.0 Å². The number of methoxy groups -OCH3 is 1. The minimum atomic E-state index is -0.362. The fourth-order valence-electron chi connectivity index (χ4n) is 4.13. The van der Waals surface area contributed by atoms with Crippen LogP contribution in [0.3, 0.4) is 0 Å². The first-order chi connectivity index (χ1) is 15.1. The van der Waals surface area contributed by atoms with Crippen molar-refractivity contribution in [3.05, 3.63) is 99.7 Å². The Balaban J connectivity index is 1.75. The summed E-state index contributed by atoms with van der Waals surface area (Å²) in [6, 6.07) is 23.4. The van der Waals surface area contributed by atoms with Gasteiger partial charge < -0.3 is 4.74 Å². The maximum Gasteiger partial charge on any atom is 0.277 e. The Hall–Kier alpha value is -3.38. The highest BCUT2D eigenvalue weighted by atomic mass is 79.9. The highest BCUT2D eigenvalue weighted by Crippen LogP contribution is 2.47. The van der Waals surface area contributed by atoms with Gasteiger partial charge in [-0.3, -0.25) is 14.8 Å². The Morgan fingerprint density at radius 2 is 1.71 bits per heavy atom. The number of carbonyl (C=O) groups is 1. The molecule has 31 heavy (non-hydrogen) atoms. The predicted octanol–water partition coefficient (Wildman–Crippen LogP) is 5.91. The summed E-state index contributed by atoms with van der Waals surface area (Å²) in [5, 5.41) is 7.54. The second-order valence-electron chi connectivity index (χ2n) is 7.52. The molecule has 1 aromatic heterocycles. The van der Waals surface area contributed by atoms with E-state index in [4.69, 9.17) is 4.74 Å². The molecule has 0 spiro atoms. The van der Waals surface area contributed by atoms with Crippen LogP contribution < -0.4 is 9.64 Å². The number of halogens is 1. The third-order valence-electron chi connectivity index (χ3n) is 5.63. The molecule has 0 unspecified atom stereocenters. The third-order valence-corrected chi connectivity index (χ3v) is 6.16. The molecule has 1 aliphatic rings. The molecule has 3 aromatic carbocycles. The van der Waals surface area contributed by atoms with Crippen LogP contribution in [0.25, 0.3) is 11.3 Å². The number of hydrogen-bond donors (Lipinski definition) is 1. The summed E-state index contributed by atoms with van der Waals surface area (Å²) in [5.41, 5.74) is 5.96. The normalized spacial score (nSPS) is 15.3. The molecule has 0 fully saturated rings. The second kappa shape index (κ2) is 7.71. The number of rotatable bonds is 4. The summed E-state index contributed by atoms with van der Waals surface area (Å²) in [5.74, 6) is 0.624. The van der Waals surface area contributed by atoms with Crippen molar-refractivity contribution in [1.82, 2.24) is 10.2 Å². The first kappa shape index (κ1) is 19.6. The molecule has 0 aliphatic carbocycles. The van der Waals surface area contributed by atoms with Gasteiger partial charge in [-0.05, 0) is 37.3 Å². The lowest BCUT2D eigenvalue weighted by Gasteiger charge is -2.27. The van der Waals surface area contributed by atoms with Crippen LogP contribution >= 0.6 is 15.9 Å². The molecule has 1 N–H and O–H groups in total. The fourth-order valence-corrected chi connectivity index (χ4v) is 4.40. The lowest BCUT2D eigenvalue weighted by molar-refractivity contribution is 0.0988. The topological polar surface area (TPSA) is 58.2 Å². The predicted molar refractivity (Wildman–Crippen MR) is 125 cm³/mol. The van der Waals surface area contributed by atoms with Gasteiger partial charge in [-0.25, -0.2) is 0 Å². The number of aryl methyl sites for hydroxylation is 1. The molecule has 5 nitrogen and oxygen atoms in total. The second-order valence-corrected chi connectivity index (χ2v) is 8.44. The Bertz CT molecular complexity index is 1260. The molecular weight excluding hydrogens is 454 g/mol. The van der Waals surface area contributed by atoms with Crippen molar-refractivity contribution < 1.29 is 9.53 Å². The van der Waals surface area contributed by atoms with E-state index >= 15 is 0 Å². The average molecular weight is 474 g/mol. The Labute approximate surface area is 188 Å². The summed E-state index contributed by atoms with van der Waals surface area (Å²) < 4.78 is 6.66. The van der Waals surface area contributed by atoms with Gasteiger partial charge in [-0.2, -0.15) is 5.10 Å². The fraction of sp³-hybridized carbons (Fsp3) is 0.120. The SMILES string of the molecule is COc1ccccc1[C@@H]1c2c(-c3ccc(Br)cc3)n[nH]c2C(=O)N1c1ccc(C)cc1. The smallest absolute Gasteiger partial charge is 0.277 e. The average Bonchev–Trinajstić information content (AvgIpc) is 3.34. The zero-order valence-corrected chi connectivity index (χ0v) is 18.7. The van der Waals surface area contributed by atoms with Crippen LogP contribution in [0.2, 0.25) is 0 Å². The van der Waals surface area contributed by atoms with Crippen molar-refractivity contribution in [1.29, 1.82) is 0 Å². The molecule has 1 aliphatic heterocycles. The first-order valence-corrected chi connectivity index (χ1v) is 10.7. The minimum absolute atomic E-state index is 0.106. The standard InChI is InChI=1S/C25H20BrN3O2/c1-15-7-13-18(14-8-15)29-24(19-5-3-4-6-20(19)31-2)21-22(27-28-23(21)25(29)30)16-9-11-17(26)12-10-16/h3-14,24H,1-2H3,(H,27,28)/t24-/m1/s1. The van der Waals surface area contributed by atoms with Crippen LogP contribution in [0.1, 0.15) is 33.2 Å². The van der Waals surface area contributed by atoms with E-state index in [1.807, 2.05) is 84.6 Å². The maximum absolute atomic E-state index is 13.6. The highest BCUT2D eigenvalue weighted by molar-refractivity contribution is 9.10. The lowest BCUT2D eigenvalue weighted by atomic mass is 9.95. The largest absolute Gasteiger partial charge is 0.496 e. The third kappa shape index (κ3) is 3.24. The summed E-state index contributed by atoms with van der Waals surface area (Å²) >= 11 is 3.49. The number of carbonyl (C=O) groups excluding carboxylic acids is 1. The van der Waals surface area contributed by atoms with E-state index in [9.17, 15) is 4.79 Å². The van der Waals surface area contributed by atoms with Crippen LogP contribution in [0.5, 0.6) is 5.75 Å². The van der Waals surface area contributed by atoms with Crippen LogP contribution in [0.4, 0.5) is 5.69 Å². The van der Waals surface area contributed by atoms with Gasteiger partial charge in [0.2, 0.25) is 0 Å². The lowest BCUT2D eigenvalue weighted by Crippen LogP contribution is -2.29. The van der Waals surface area contributed by atoms with Gasteiger partial charge in [0, 0.05) is 26.9 Å². The number of para-hydroxylation sites is 1. The number of aromatic nitrogens is 2. The minimum Gasteiger partial charge on any atom is -0.496 e. The molecule has 5 rings (SSSR count). The number of nitrogens with zero attached hydrogens (tertiary/aromatic N) is 2. The molecule has 0 radical (unpaired) electrons. The molecule has 1 atom stereocenters. The molecule has 6 heteroatoms. The van der Waals surface area contributed by atoms with Gasteiger partial charge in [-0.15, -0.1) is 0 Å². The monoisotopic (exact) mass is 473 g/mol. The molecule has 0 saturated heterocycles. The molecule has 154 valence electrons. The summed E-state index contributed by atoms with van der Waals surface area (Å²) in [6.45, 7) is 2.03. The number of nitrogens with one attached hydrogen (secondary N) is 1. The molecule has 0 saturated carbocycles. The van der Waals surface area contributed by atoms with Crippen LogP contribution in [-0.2, 0) is 0 Å². The first-order valence-electron chi connectivity index (χ1n) is 9.96. The van der Waals surface area contributed by atoms with E-state index in [-0.39, 0.29) is 11.9 Å². The number of fused-ring (bicyclic) bond motifs is 1. The molecule has 0 bridgehead atoms. The van der Waals surface area contributed by atoms with Gasteiger partial charge >= 0.3 is 0 Å². The zero-order valence-electron chi connectivity index (χ0n) is 17.1. The van der Waals surface area contributed by atoms with E-state index in [2.05, 4.69) is 26.1 Å². The number of ether oxygens (including phenoxy) is 1. The van der Waals surface area contributed by atoms with Crippen molar-refractivity contribution in [2.24, 2.45) is 0 Å². The van der Waals surface area contributed by atoms with Crippen molar-refractivity contribution in [3.8, 4) is 17.0 Å². The summed E-state index contributed by atoms with van der Waals surface area (Å²) in [6.07, 6.45) is 0. The number of aromatic amines is 1. The zero-order chi connectivity index (χ0) is 21.5. The Morgan fingerprint density at radius 3 is 2.42 bits per heavy atom. The van der Waals surface area contributed by atoms with Crippen molar-refractivity contribution >= 4 is 27.5 Å². The highest BCUT2D eigenvalue weighted by Gasteiger charge is 2.44. The quantitative estimate of drug-likeness (QED) is 0.400. The van der Waals surface area contributed by atoms with E-state index in [0.717, 1.165) is 43.9 Å². The molecule has 2 heterocycles. The van der Waals surface area contributed by atoms with Crippen molar-refractivity contribution in [2.45, 2.75) is 13.0 Å². The summed E-state index contributed by atoms with van der Waals surface area (Å²) in [4.78, 5) is 15.4.